The minimum atomic E-state index is -0.0101. The molecule has 3 aliphatic rings. The highest BCUT2D eigenvalue weighted by atomic mass is 16.4. The summed E-state index contributed by atoms with van der Waals surface area (Å²) in [6, 6.07) is 19.2. The Bertz CT molecular complexity index is 1130. The summed E-state index contributed by atoms with van der Waals surface area (Å²) in [6.07, 6.45) is 2.08. The lowest BCUT2D eigenvalue weighted by Gasteiger charge is -2.30. The van der Waals surface area contributed by atoms with Crippen LogP contribution in [0.2, 0.25) is 0 Å². The lowest BCUT2D eigenvalue weighted by Crippen LogP contribution is -2.41. The number of amides is 1. The molecule has 3 aliphatic heterocycles. The Kier molecular flexibility index (Phi) is 5.53. The zero-order chi connectivity index (χ0) is 22.1. The fraction of sp³-hybridized carbons (Fsp3) is 0.308. The van der Waals surface area contributed by atoms with Crippen LogP contribution in [0, 0.1) is 0 Å². The average Bonchev–Trinajstić information content (AvgIpc) is 3.12. The van der Waals surface area contributed by atoms with Gasteiger partial charge in [-0.25, -0.2) is 0 Å². The molecule has 0 radical (unpaired) electrons. The van der Waals surface area contributed by atoms with Crippen molar-refractivity contribution in [3.63, 3.8) is 0 Å². The predicted octanol–water partition coefficient (Wildman–Crippen LogP) is 4.81. The van der Waals surface area contributed by atoms with Crippen LogP contribution in [-0.4, -0.2) is 53.7 Å². The largest absolute Gasteiger partial charge is 0.451 e. The van der Waals surface area contributed by atoms with E-state index in [2.05, 4.69) is 10.2 Å². The van der Waals surface area contributed by atoms with E-state index < -0.39 is 0 Å². The molecule has 0 saturated carbocycles. The van der Waals surface area contributed by atoms with Gasteiger partial charge < -0.3 is 19.5 Å². The maximum absolute atomic E-state index is 13.1. The fourth-order valence-electron chi connectivity index (χ4n) is 4.68. The van der Waals surface area contributed by atoms with Crippen LogP contribution in [0.3, 0.4) is 0 Å². The SMILES string of the molecule is CC(=O)c1ccccc1Nc1ccc(-c2ccc(C(=O)N3CCN4CCC3CC4)o2)cc1. The highest BCUT2D eigenvalue weighted by molar-refractivity contribution is 6.00. The number of carbonyl (C=O) groups is 2. The molecule has 0 unspecified atom stereocenters. The van der Waals surface area contributed by atoms with Gasteiger partial charge in [0.2, 0.25) is 0 Å². The highest BCUT2D eigenvalue weighted by Gasteiger charge is 2.33. The normalized spacial score (nSPS) is 20.1. The van der Waals surface area contributed by atoms with E-state index in [1.165, 1.54) is 0 Å². The number of hydrogen-bond donors (Lipinski definition) is 1. The molecular weight excluding hydrogens is 402 g/mol. The Morgan fingerprint density at radius 2 is 1.66 bits per heavy atom. The first-order valence-corrected chi connectivity index (χ1v) is 11.2. The fourth-order valence-corrected chi connectivity index (χ4v) is 4.68. The van der Waals surface area contributed by atoms with Crippen molar-refractivity contribution >= 4 is 23.1 Å². The van der Waals surface area contributed by atoms with E-state index in [1.807, 2.05) is 59.5 Å². The molecule has 32 heavy (non-hydrogen) atoms. The molecule has 2 aromatic carbocycles. The van der Waals surface area contributed by atoms with Gasteiger partial charge in [-0.1, -0.05) is 12.1 Å². The second kappa shape index (κ2) is 8.63. The molecule has 3 fully saturated rings. The van der Waals surface area contributed by atoms with Gasteiger partial charge in [0.15, 0.2) is 11.5 Å². The molecule has 2 bridgehead atoms. The highest BCUT2D eigenvalue weighted by Crippen LogP contribution is 2.28. The molecule has 6 rings (SSSR count). The number of piperidine rings is 1. The van der Waals surface area contributed by atoms with Gasteiger partial charge in [0.1, 0.15) is 5.76 Å². The zero-order valence-electron chi connectivity index (χ0n) is 18.2. The summed E-state index contributed by atoms with van der Waals surface area (Å²) >= 11 is 0. The number of nitrogens with zero attached hydrogens (tertiary/aromatic N) is 2. The predicted molar refractivity (Wildman–Crippen MR) is 124 cm³/mol. The number of anilines is 2. The number of carbonyl (C=O) groups excluding carboxylic acids is 2. The number of fused-ring (bicyclic) bond motifs is 4. The van der Waals surface area contributed by atoms with E-state index in [0.717, 1.165) is 56.0 Å². The number of furan rings is 1. The average molecular weight is 430 g/mol. The Balaban J connectivity index is 1.30. The van der Waals surface area contributed by atoms with Crippen LogP contribution in [0.1, 0.15) is 40.7 Å². The number of Topliss-reactive ketones (excluding diaryl/α,β-unsaturated/α-hetero) is 1. The van der Waals surface area contributed by atoms with E-state index in [4.69, 9.17) is 4.42 Å². The van der Waals surface area contributed by atoms with Gasteiger partial charge in [-0.2, -0.15) is 0 Å². The number of para-hydroxylation sites is 1. The second-order valence-corrected chi connectivity index (χ2v) is 8.54. The molecule has 1 N–H and O–H groups in total. The molecule has 164 valence electrons. The number of nitrogens with one attached hydrogen (secondary N) is 1. The number of rotatable bonds is 5. The third-order valence-corrected chi connectivity index (χ3v) is 6.49. The van der Waals surface area contributed by atoms with Crippen molar-refractivity contribution in [2.75, 3.05) is 31.5 Å². The third-order valence-electron chi connectivity index (χ3n) is 6.49. The maximum Gasteiger partial charge on any atom is 0.289 e. The standard InChI is InChI=1S/C26H27N3O3/c1-18(30)22-4-2-3-5-23(22)27-20-8-6-19(7-9-20)24-10-11-25(32-24)26(31)29-17-16-28-14-12-21(29)13-15-28/h2-11,21,27H,12-17H2,1H3. The Morgan fingerprint density at radius 3 is 2.41 bits per heavy atom. The van der Waals surface area contributed by atoms with Crippen molar-refractivity contribution in [2.45, 2.75) is 25.8 Å². The first-order chi connectivity index (χ1) is 15.6. The number of benzene rings is 2. The topological polar surface area (TPSA) is 65.8 Å². The molecule has 1 amide bonds. The van der Waals surface area contributed by atoms with E-state index in [-0.39, 0.29) is 11.7 Å². The monoisotopic (exact) mass is 429 g/mol. The second-order valence-electron chi connectivity index (χ2n) is 8.54. The van der Waals surface area contributed by atoms with Crippen LogP contribution < -0.4 is 5.32 Å². The van der Waals surface area contributed by atoms with E-state index in [0.29, 0.717) is 23.1 Å². The Morgan fingerprint density at radius 1 is 0.906 bits per heavy atom. The van der Waals surface area contributed by atoms with Crippen LogP contribution >= 0.6 is 0 Å². The van der Waals surface area contributed by atoms with Gasteiger partial charge in [0.25, 0.3) is 5.91 Å². The molecule has 4 heterocycles. The molecule has 0 atom stereocenters. The van der Waals surface area contributed by atoms with Crippen LogP contribution in [0.15, 0.2) is 65.1 Å². The van der Waals surface area contributed by atoms with Crippen molar-refractivity contribution in [2.24, 2.45) is 0 Å². The molecule has 0 spiro atoms. The van der Waals surface area contributed by atoms with Gasteiger partial charge >= 0.3 is 0 Å². The van der Waals surface area contributed by atoms with Crippen LogP contribution in [0.5, 0.6) is 0 Å². The number of hydrogen-bond acceptors (Lipinski definition) is 5. The van der Waals surface area contributed by atoms with Crippen molar-refractivity contribution in [3.8, 4) is 11.3 Å². The lowest BCUT2D eigenvalue weighted by atomic mass is 10.1. The van der Waals surface area contributed by atoms with Gasteiger partial charge in [0, 0.05) is 54.7 Å². The van der Waals surface area contributed by atoms with Gasteiger partial charge in [-0.3, -0.25) is 9.59 Å². The zero-order valence-corrected chi connectivity index (χ0v) is 18.2. The van der Waals surface area contributed by atoms with E-state index in [1.54, 1.807) is 13.0 Å². The molecule has 6 heteroatoms. The first kappa shape index (κ1) is 20.5. The third kappa shape index (κ3) is 4.06. The Hall–Kier alpha value is -3.38. The van der Waals surface area contributed by atoms with Crippen LogP contribution in [0.25, 0.3) is 11.3 Å². The van der Waals surface area contributed by atoms with Crippen LogP contribution in [0.4, 0.5) is 11.4 Å². The van der Waals surface area contributed by atoms with Crippen molar-refractivity contribution < 1.29 is 14.0 Å². The summed E-state index contributed by atoms with van der Waals surface area (Å²) in [5, 5.41) is 3.30. The minimum Gasteiger partial charge on any atom is -0.451 e. The quantitative estimate of drug-likeness (QED) is 0.590. The molecular formula is C26H27N3O3. The summed E-state index contributed by atoms with van der Waals surface area (Å²) < 4.78 is 5.97. The van der Waals surface area contributed by atoms with Gasteiger partial charge in [0.05, 0.1) is 0 Å². The van der Waals surface area contributed by atoms with Crippen LogP contribution in [-0.2, 0) is 0 Å². The minimum absolute atomic E-state index is 0.0101. The summed E-state index contributed by atoms with van der Waals surface area (Å²) in [7, 11) is 0. The molecule has 1 aromatic heterocycles. The van der Waals surface area contributed by atoms with Crippen molar-refractivity contribution in [1.82, 2.24) is 9.80 Å². The van der Waals surface area contributed by atoms with E-state index in [9.17, 15) is 9.59 Å². The van der Waals surface area contributed by atoms with Gasteiger partial charge in [-0.15, -0.1) is 0 Å². The summed E-state index contributed by atoms with van der Waals surface area (Å²) in [4.78, 5) is 29.4. The summed E-state index contributed by atoms with van der Waals surface area (Å²) in [5.41, 5.74) is 3.21. The lowest BCUT2D eigenvalue weighted by molar-refractivity contribution is 0.0653. The Labute approximate surface area is 187 Å². The summed E-state index contributed by atoms with van der Waals surface area (Å²) in [6.45, 7) is 5.43. The smallest absolute Gasteiger partial charge is 0.289 e. The van der Waals surface area contributed by atoms with Gasteiger partial charge in [-0.05, 0) is 68.3 Å². The maximum atomic E-state index is 13.1. The molecule has 3 saturated heterocycles. The molecule has 0 aliphatic carbocycles. The first-order valence-electron chi connectivity index (χ1n) is 11.2. The molecule has 6 nitrogen and oxygen atoms in total. The summed E-state index contributed by atoms with van der Waals surface area (Å²) in [5.74, 6) is 1.08. The number of ketones is 1. The van der Waals surface area contributed by atoms with E-state index >= 15 is 0 Å². The van der Waals surface area contributed by atoms with Crippen molar-refractivity contribution in [3.05, 3.63) is 72.0 Å². The molecule has 3 aromatic rings. The van der Waals surface area contributed by atoms with Crippen molar-refractivity contribution in [1.29, 1.82) is 0 Å².